The molecule has 3 rings (SSSR count). The maximum Gasteiger partial charge on any atom is 0.416 e. The van der Waals surface area contributed by atoms with Gasteiger partial charge >= 0.3 is 6.18 Å². The molecule has 1 atom stereocenters. The fourth-order valence-corrected chi connectivity index (χ4v) is 2.96. The van der Waals surface area contributed by atoms with Crippen molar-refractivity contribution in [2.45, 2.75) is 12.6 Å². The number of benzene rings is 2. The van der Waals surface area contributed by atoms with E-state index in [0.29, 0.717) is 10.7 Å². The first-order valence-electron chi connectivity index (χ1n) is 7.79. The fourth-order valence-electron chi connectivity index (χ4n) is 2.78. The van der Waals surface area contributed by atoms with Crippen LogP contribution in [0.2, 0.25) is 5.02 Å². The lowest BCUT2D eigenvalue weighted by molar-refractivity contribution is -0.137. The van der Waals surface area contributed by atoms with Gasteiger partial charge in [-0.25, -0.2) is 0 Å². The molecule has 2 aromatic carbocycles. The molecular formula is C18H14ClF3N2O2. The van der Waals surface area contributed by atoms with Crippen LogP contribution in [0.25, 0.3) is 0 Å². The molecule has 1 N–H and O–H groups in total. The first-order valence-corrected chi connectivity index (χ1v) is 8.16. The summed E-state index contributed by atoms with van der Waals surface area (Å²) in [5.41, 5.74) is -0.297. The Bertz CT molecular complexity index is 854. The van der Waals surface area contributed by atoms with Crippen LogP contribution in [0, 0.1) is 5.92 Å². The molecule has 1 saturated heterocycles. The molecule has 1 unspecified atom stereocenters. The summed E-state index contributed by atoms with van der Waals surface area (Å²) in [5.74, 6) is -1.47. The third-order valence-electron chi connectivity index (χ3n) is 4.11. The number of hydrogen-bond donors (Lipinski definition) is 1. The molecule has 1 aliphatic rings. The van der Waals surface area contributed by atoms with Crippen molar-refractivity contribution in [2.75, 3.05) is 16.8 Å². The topological polar surface area (TPSA) is 49.4 Å². The Balaban J connectivity index is 1.75. The van der Waals surface area contributed by atoms with Gasteiger partial charge < -0.3 is 10.2 Å². The van der Waals surface area contributed by atoms with E-state index in [-0.39, 0.29) is 18.7 Å². The zero-order valence-electron chi connectivity index (χ0n) is 13.4. The molecule has 4 nitrogen and oxygen atoms in total. The zero-order valence-corrected chi connectivity index (χ0v) is 14.1. The molecule has 1 heterocycles. The summed E-state index contributed by atoms with van der Waals surface area (Å²) >= 11 is 5.99. The Morgan fingerprint density at radius 1 is 1.15 bits per heavy atom. The van der Waals surface area contributed by atoms with Crippen molar-refractivity contribution < 1.29 is 22.8 Å². The molecule has 0 aromatic heterocycles. The minimum absolute atomic E-state index is 0.0103. The van der Waals surface area contributed by atoms with Gasteiger partial charge in [-0.2, -0.15) is 13.2 Å². The first-order chi connectivity index (χ1) is 12.3. The van der Waals surface area contributed by atoms with Crippen molar-refractivity contribution in [1.29, 1.82) is 0 Å². The van der Waals surface area contributed by atoms with E-state index in [0.717, 1.165) is 12.1 Å². The van der Waals surface area contributed by atoms with Gasteiger partial charge in [-0.15, -0.1) is 0 Å². The summed E-state index contributed by atoms with van der Waals surface area (Å²) in [4.78, 5) is 25.8. The van der Waals surface area contributed by atoms with Gasteiger partial charge in [0.15, 0.2) is 0 Å². The minimum Gasteiger partial charge on any atom is -0.324 e. The molecule has 0 aliphatic carbocycles. The van der Waals surface area contributed by atoms with Crippen LogP contribution in [0.3, 0.4) is 0 Å². The van der Waals surface area contributed by atoms with Crippen molar-refractivity contribution in [2.24, 2.45) is 5.92 Å². The Labute approximate surface area is 152 Å². The number of carbonyl (C=O) groups is 2. The summed E-state index contributed by atoms with van der Waals surface area (Å²) in [6.07, 6.45) is -4.58. The van der Waals surface area contributed by atoms with Crippen molar-refractivity contribution in [3.05, 3.63) is 59.1 Å². The summed E-state index contributed by atoms with van der Waals surface area (Å²) in [6.45, 7) is 0.0103. The number of nitrogens with one attached hydrogen (secondary N) is 1. The lowest BCUT2D eigenvalue weighted by Gasteiger charge is -2.18. The number of carbonyl (C=O) groups excluding carboxylic acids is 2. The smallest absolute Gasteiger partial charge is 0.324 e. The molecule has 1 aliphatic heterocycles. The van der Waals surface area contributed by atoms with Crippen LogP contribution >= 0.6 is 11.6 Å². The van der Waals surface area contributed by atoms with Gasteiger partial charge in [0.25, 0.3) is 0 Å². The number of para-hydroxylation sites is 1. The van der Waals surface area contributed by atoms with E-state index >= 15 is 0 Å². The highest BCUT2D eigenvalue weighted by Gasteiger charge is 2.37. The van der Waals surface area contributed by atoms with E-state index in [1.807, 2.05) is 0 Å². The molecule has 2 amide bonds. The quantitative estimate of drug-likeness (QED) is 0.858. The number of rotatable bonds is 3. The second kappa shape index (κ2) is 6.99. The Morgan fingerprint density at radius 3 is 2.58 bits per heavy atom. The zero-order chi connectivity index (χ0) is 18.9. The average Bonchev–Trinajstić information content (AvgIpc) is 2.98. The number of halogens is 4. The first kappa shape index (κ1) is 18.3. The second-order valence-electron chi connectivity index (χ2n) is 5.92. The minimum atomic E-state index is -4.50. The van der Waals surface area contributed by atoms with Gasteiger partial charge in [-0.1, -0.05) is 29.8 Å². The monoisotopic (exact) mass is 382 g/mol. The van der Waals surface area contributed by atoms with E-state index in [1.54, 1.807) is 24.3 Å². The number of anilines is 2. The summed E-state index contributed by atoms with van der Waals surface area (Å²) in [5, 5.41) is 3.01. The van der Waals surface area contributed by atoms with Gasteiger partial charge in [0, 0.05) is 18.7 Å². The van der Waals surface area contributed by atoms with Crippen LogP contribution in [0.5, 0.6) is 0 Å². The van der Waals surface area contributed by atoms with Crippen LogP contribution in [-0.4, -0.2) is 18.4 Å². The summed E-state index contributed by atoms with van der Waals surface area (Å²) < 4.78 is 38.6. The van der Waals surface area contributed by atoms with Crippen LogP contribution in [-0.2, 0) is 15.8 Å². The third kappa shape index (κ3) is 3.83. The van der Waals surface area contributed by atoms with Gasteiger partial charge in [0.05, 0.1) is 22.2 Å². The molecule has 136 valence electrons. The van der Waals surface area contributed by atoms with E-state index in [9.17, 15) is 22.8 Å². The van der Waals surface area contributed by atoms with E-state index in [1.165, 1.54) is 17.0 Å². The SMILES string of the molecule is O=C(Nc1ccccc1Cl)C1CC(=O)N(c2cccc(C(F)(F)F)c2)C1. The average molecular weight is 383 g/mol. The van der Waals surface area contributed by atoms with E-state index in [2.05, 4.69) is 5.32 Å². The number of alkyl halides is 3. The van der Waals surface area contributed by atoms with E-state index < -0.39 is 29.5 Å². The van der Waals surface area contributed by atoms with Crippen molar-refractivity contribution in [3.63, 3.8) is 0 Å². The molecule has 0 bridgehead atoms. The van der Waals surface area contributed by atoms with Crippen LogP contribution in [0.15, 0.2) is 48.5 Å². The second-order valence-corrected chi connectivity index (χ2v) is 6.33. The number of hydrogen-bond acceptors (Lipinski definition) is 2. The molecule has 0 spiro atoms. The Kier molecular flexibility index (Phi) is 4.91. The maximum atomic E-state index is 12.9. The van der Waals surface area contributed by atoms with Gasteiger partial charge in [0.2, 0.25) is 11.8 Å². The summed E-state index contributed by atoms with van der Waals surface area (Å²) in [6, 6.07) is 11.2. The van der Waals surface area contributed by atoms with Crippen molar-refractivity contribution in [3.8, 4) is 0 Å². The Morgan fingerprint density at radius 2 is 1.88 bits per heavy atom. The predicted octanol–water partition coefficient (Wildman–Crippen LogP) is 4.35. The third-order valence-corrected chi connectivity index (χ3v) is 4.44. The van der Waals surface area contributed by atoms with Gasteiger partial charge in [-0.05, 0) is 30.3 Å². The van der Waals surface area contributed by atoms with Crippen LogP contribution < -0.4 is 10.2 Å². The normalized spacial score (nSPS) is 17.5. The predicted molar refractivity (Wildman–Crippen MR) is 92.0 cm³/mol. The summed E-state index contributed by atoms with van der Waals surface area (Å²) in [7, 11) is 0. The van der Waals surface area contributed by atoms with Crippen molar-refractivity contribution >= 4 is 34.8 Å². The van der Waals surface area contributed by atoms with Gasteiger partial charge in [-0.3, -0.25) is 9.59 Å². The molecular weight excluding hydrogens is 369 g/mol. The number of nitrogens with zero attached hydrogens (tertiary/aromatic N) is 1. The Hall–Kier alpha value is -2.54. The number of amides is 2. The van der Waals surface area contributed by atoms with Crippen molar-refractivity contribution in [1.82, 2.24) is 0 Å². The fraction of sp³-hybridized carbons (Fsp3) is 0.222. The highest BCUT2D eigenvalue weighted by molar-refractivity contribution is 6.33. The highest BCUT2D eigenvalue weighted by Crippen LogP contribution is 2.33. The maximum absolute atomic E-state index is 12.9. The highest BCUT2D eigenvalue weighted by atomic mass is 35.5. The largest absolute Gasteiger partial charge is 0.416 e. The van der Waals surface area contributed by atoms with E-state index in [4.69, 9.17) is 11.6 Å². The lowest BCUT2D eigenvalue weighted by Crippen LogP contribution is -2.28. The standard InChI is InChI=1S/C18H14ClF3N2O2/c19-14-6-1-2-7-15(14)23-17(26)11-8-16(25)24(10-11)13-5-3-4-12(9-13)18(20,21)22/h1-7,9,11H,8,10H2,(H,23,26). The molecule has 0 radical (unpaired) electrons. The van der Waals surface area contributed by atoms with Gasteiger partial charge in [0.1, 0.15) is 0 Å². The molecule has 1 fully saturated rings. The van der Waals surface area contributed by atoms with Crippen LogP contribution in [0.1, 0.15) is 12.0 Å². The molecule has 2 aromatic rings. The van der Waals surface area contributed by atoms with Crippen LogP contribution in [0.4, 0.5) is 24.5 Å². The molecule has 0 saturated carbocycles. The molecule has 8 heteroatoms. The lowest BCUT2D eigenvalue weighted by atomic mass is 10.1. The molecule has 26 heavy (non-hydrogen) atoms.